The third kappa shape index (κ3) is 4.60. The Hall–Kier alpha value is -2.61. The van der Waals surface area contributed by atoms with E-state index in [9.17, 15) is 10.2 Å². The van der Waals surface area contributed by atoms with E-state index in [-0.39, 0.29) is 24.0 Å². The molecule has 0 saturated heterocycles. The Morgan fingerprint density at radius 3 is 2.47 bits per heavy atom. The van der Waals surface area contributed by atoms with Gasteiger partial charge in [0.2, 0.25) is 0 Å². The summed E-state index contributed by atoms with van der Waals surface area (Å²) in [4.78, 5) is 8.74. The van der Waals surface area contributed by atoms with Crippen molar-refractivity contribution in [1.29, 1.82) is 0 Å². The van der Waals surface area contributed by atoms with Gasteiger partial charge in [-0.15, -0.1) is 24.0 Å². The van der Waals surface area contributed by atoms with E-state index in [0.29, 0.717) is 27.5 Å². The van der Waals surface area contributed by atoms with Gasteiger partial charge in [-0.2, -0.15) is 0 Å². The van der Waals surface area contributed by atoms with Crippen molar-refractivity contribution in [3.63, 3.8) is 0 Å². The number of phenols is 1. The third-order valence-corrected chi connectivity index (χ3v) is 7.40. The lowest BCUT2D eigenvalue weighted by molar-refractivity contribution is 0.117. The first-order chi connectivity index (χ1) is 16.8. The second-order valence-electron chi connectivity index (χ2n) is 8.31. The molecule has 9 heteroatoms. The van der Waals surface area contributed by atoms with Crippen LogP contribution in [0.2, 0.25) is 5.15 Å². The molecule has 0 aliphatic carbocycles. The van der Waals surface area contributed by atoms with Gasteiger partial charge in [0, 0.05) is 22.8 Å². The van der Waals surface area contributed by atoms with E-state index in [2.05, 4.69) is 25.9 Å². The van der Waals surface area contributed by atoms with Crippen LogP contribution in [-0.4, -0.2) is 24.7 Å². The lowest BCUT2D eigenvalue weighted by atomic mass is 9.82. The summed E-state index contributed by atoms with van der Waals surface area (Å²) in [6, 6.07) is 20.0. The van der Waals surface area contributed by atoms with Gasteiger partial charge in [0.15, 0.2) is 5.60 Å². The summed E-state index contributed by atoms with van der Waals surface area (Å²) in [5.74, 6) is 0.437. The van der Waals surface area contributed by atoms with Crippen LogP contribution >= 0.6 is 51.5 Å². The summed E-state index contributed by atoms with van der Waals surface area (Å²) < 4.78 is 2.66. The van der Waals surface area contributed by atoms with Crippen molar-refractivity contribution in [2.75, 3.05) is 0 Å². The van der Waals surface area contributed by atoms with Crippen LogP contribution < -0.4 is 0 Å². The zero-order chi connectivity index (χ0) is 24.7. The minimum absolute atomic E-state index is 0. The summed E-state index contributed by atoms with van der Waals surface area (Å²) in [5.41, 5.74) is 3.46. The molecule has 3 aromatic carbocycles. The molecule has 1 unspecified atom stereocenters. The zero-order valence-electron chi connectivity index (χ0n) is 19.0. The average Bonchev–Trinajstić information content (AvgIpc) is 3.29. The van der Waals surface area contributed by atoms with Crippen LogP contribution in [0, 0.1) is 0 Å². The van der Waals surface area contributed by atoms with Crippen LogP contribution in [0.25, 0.3) is 22.0 Å². The Labute approximate surface area is 232 Å². The van der Waals surface area contributed by atoms with E-state index >= 15 is 0 Å². The van der Waals surface area contributed by atoms with Gasteiger partial charge in [0.25, 0.3) is 0 Å². The van der Waals surface area contributed by atoms with Gasteiger partial charge in [-0.1, -0.05) is 51.8 Å². The molecule has 0 aliphatic rings. The lowest BCUT2D eigenvalue weighted by Crippen LogP contribution is -2.31. The highest BCUT2D eigenvalue weighted by atomic mass is 79.9. The largest absolute Gasteiger partial charge is 0.508 e. The van der Waals surface area contributed by atoms with Crippen molar-refractivity contribution < 1.29 is 10.2 Å². The molecule has 5 rings (SSSR count). The van der Waals surface area contributed by atoms with E-state index < -0.39 is 5.60 Å². The van der Waals surface area contributed by atoms with Gasteiger partial charge in [0.1, 0.15) is 10.9 Å². The number of halogens is 4. The Balaban J connectivity index is 0.00000304. The number of aliphatic hydroxyl groups is 1. The van der Waals surface area contributed by atoms with Crippen LogP contribution in [-0.2, 0) is 18.5 Å². The van der Waals surface area contributed by atoms with E-state index in [4.69, 9.17) is 23.2 Å². The van der Waals surface area contributed by atoms with Crippen molar-refractivity contribution in [3.8, 4) is 16.9 Å². The molecular weight excluding hydrogens is 585 g/mol. The number of aryl methyl sites for hydroxylation is 1. The molecular formula is C27H21BrCl3N3O2. The Kier molecular flexibility index (Phi) is 7.64. The summed E-state index contributed by atoms with van der Waals surface area (Å²) in [7, 11) is 1.84. The second kappa shape index (κ2) is 10.4. The minimum atomic E-state index is -1.53. The molecule has 184 valence electrons. The molecule has 0 radical (unpaired) electrons. The van der Waals surface area contributed by atoms with E-state index in [1.807, 2.05) is 49.5 Å². The van der Waals surface area contributed by atoms with Crippen LogP contribution in [0.15, 0.2) is 83.7 Å². The van der Waals surface area contributed by atoms with Crippen molar-refractivity contribution in [2.45, 2.75) is 11.5 Å². The average molecular weight is 606 g/mol. The lowest BCUT2D eigenvalue weighted by Gasteiger charge is -2.30. The van der Waals surface area contributed by atoms with Crippen LogP contribution in [0.1, 0.15) is 22.4 Å². The number of phenolic OH excluding ortho intramolecular Hbond substituents is 1. The molecule has 0 spiro atoms. The maximum absolute atomic E-state index is 12.4. The van der Waals surface area contributed by atoms with Crippen molar-refractivity contribution in [2.24, 2.45) is 7.05 Å². The van der Waals surface area contributed by atoms with Gasteiger partial charge in [-0.3, -0.25) is 0 Å². The van der Waals surface area contributed by atoms with Gasteiger partial charge in [0.05, 0.1) is 23.7 Å². The molecule has 0 saturated carbocycles. The smallest absolute Gasteiger partial charge is 0.156 e. The quantitative estimate of drug-likeness (QED) is 0.164. The number of fused-ring (bicyclic) bond motifs is 1. The molecule has 0 bridgehead atoms. The van der Waals surface area contributed by atoms with Crippen molar-refractivity contribution in [1.82, 2.24) is 14.5 Å². The molecule has 36 heavy (non-hydrogen) atoms. The fraction of sp³-hybridized carbons (Fsp3) is 0.111. The Bertz CT molecular complexity index is 1570. The fourth-order valence-electron chi connectivity index (χ4n) is 4.40. The number of aromatic nitrogens is 3. The first-order valence-corrected chi connectivity index (χ1v) is 12.5. The highest BCUT2D eigenvalue weighted by Gasteiger charge is 2.37. The van der Waals surface area contributed by atoms with Crippen LogP contribution in [0.3, 0.4) is 0 Å². The number of nitrogens with zero attached hydrogens (tertiary/aromatic N) is 3. The Morgan fingerprint density at radius 2 is 1.78 bits per heavy atom. The van der Waals surface area contributed by atoms with Gasteiger partial charge >= 0.3 is 0 Å². The number of benzene rings is 3. The summed E-state index contributed by atoms with van der Waals surface area (Å²) in [5, 5.41) is 23.6. The maximum Gasteiger partial charge on any atom is 0.156 e. The summed E-state index contributed by atoms with van der Waals surface area (Å²) in [6.07, 6.45) is 3.31. The number of pyridine rings is 1. The molecule has 5 aromatic rings. The van der Waals surface area contributed by atoms with Crippen LogP contribution in [0.4, 0.5) is 0 Å². The zero-order valence-corrected chi connectivity index (χ0v) is 22.9. The fourth-order valence-corrected chi connectivity index (χ4v) is 5.37. The third-order valence-electron chi connectivity index (χ3n) is 6.15. The molecule has 0 fully saturated rings. The maximum atomic E-state index is 12.4. The topological polar surface area (TPSA) is 71.2 Å². The van der Waals surface area contributed by atoms with Crippen molar-refractivity contribution >= 4 is 62.4 Å². The summed E-state index contributed by atoms with van der Waals surface area (Å²) >= 11 is 16.1. The van der Waals surface area contributed by atoms with Gasteiger partial charge < -0.3 is 14.8 Å². The standard InChI is InChI=1S/C27H20BrCl2N3O2.ClH/c1-33-15-31-14-25(33)27(35,18-5-7-23(28)17(9-18)13-29)19-6-8-24-22(11-19)21(12-26(30)32-24)16-3-2-4-20(34)10-16;/h2-12,14-15,34-35H,13H2,1H3;1H. The normalized spacial score (nSPS) is 12.8. The molecule has 0 aliphatic heterocycles. The number of alkyl halides is 1. The molecule has 0 amide bonds. The number of imidazole rings is 1. The molecule has 2 aromatic heterocycles. The van der Waals surface area contributed by atoms with E-state index in [0.717, 1.165) is 26.5 Å². The second-order valence-corrected chi connectivity index (χ2v) is 9.82. The van der Waals surface area contributed by atoms with Gasteiger partial charge in [-0.05, 0) is 70.3 Å². The number of rotatable bonds is 5. The Morgan fingerprint density at radius 1 is 1.03 bits per heavy atom. The number of aromatic hydroxyl groups is 1. The van der Waals surface area contributed by atoms with Crippen LogP contribution in [0.5, 0.6) is 5.75 Å². The summed E-state index contributed by atoms with van der Waals surface area (Å²) in [6.45, 7) is 0. The number of hydrogen-bond donors (Lipinski definition) is 2. The monoisotopic (exact) mass is 603 g/mol. The number of hydrogen-bond acceptors (Lipinski definition) is 4. The molecule has 5 nitrogen and oxygen atoms in total. The highest BCUT2D eigenvalue weighted by Crippen LogP contribution is 2.41. The molecule has 2 N–H and O–H groups in total. The molecule has 2 heterocycles. The predicted octanol–water partition coefficient (Wildman–Crippen LogP) is 7.20. The predicted molar refractivity (Wildman–Crippen MR) is 150 cm³/mol. The first-order valence-electron chi connectivity index (χ1n) is 10.8. The van der Waals surface area contributed by atoms with Gasteiger partial charge in [-0.25, -0.2) is 9.97 Å². The molecule has 1 atom stereocenters. The van der Waals surface area contributed by atoms with E-state index in [1.54, 1.807) is 41.4 Å². The van der Waals surface area contributed by atoms with E-state index in [1.165, 1.54) is 0 Å². The SMILES string of the molecule is Cl.Cn1cncc1C(O)(c1ccc(Br)c(CCl)c1)c1ccc2nc(Cl)cc(-c3cccc(O)c3)c2c1. The highest BCUT2D eigenvalue weighted by molar-refractivity contribution is 9.10. The first kappa shape index (κ1) is 26.5. The minimum Gasteiger partial charge on any atom is -0.508 e. The van der Waals surface area contributed by atoms with Crippen molar-refractivity contribution in [3.05, 3.63) is 111 Å².